The summed E-state index contributed by atoms with van der Waals surface area (Å²) in [6.07, 6.45) is -3.15. The number of nitrogens with zero attached hydrogens (tertiary/aromatic N) is 2. The summed E-state index contributed by atoms with van der Waals surface area (Å²) in [7, 11) is 0. The van der Waals surface area contributed by atoms with Gasteiger partial charge in [0.1, 0.15) is 11.7 Å². The number of aliphatic imine (C=N–C) groups is 1. The number of fused-ring (bicyclic) bond motifs is 3. The Labute approximate surface area is 180 Å². The standard InChI is InChI=1S/C23H18F4N2O3/c1-2-32-22(31)17-12-28-10-9-15-14-5-3-4-6-19(14)29(20(15)17)21(30)16-11-13(24)7-8-18(16)23(25,26)27/h3-8,11-12,17H,2,9-10H2,1H3. The zero-order chi connectivity index (χ0) is 23.0. The molecular formula is C23H18F4N2O3. The predicted octanol–water partition coefficient (Wildman–Crippen LogP) is 4.76. The van der Waals surface area contributed by atoms with Crippen molar-refractivity contribution in [3.8, 4) is 0 Å². The Morgan fingerprint density at radius 3 is 2.66 bits per heavy atom. The van der Waals surface area contributed by atoms with Crippen molar-refractivity contribution in [1.82, 2.24) is 4.57 Å². The monoisotopic (exact) mass is 446 g/mol. The van der Waals surface area contributed by atoms with Crippen LogP contribution < -0.4 is 0 Å². The maximum atomic E-state index is 13.9. The van der Waals surface area contributed by atoms with Gasteiger partial charge < -0.3 is 4.74 Å². The molecule has 9 heteroatoms. The molecule has 0 fully saturated rings. The third kappa shape index (κ3) is 3.68. The van der Waals surface area contributed by atoms with E-state index in [-0.39, 0.29) is 12.3 Å². The fourth-order valence-corrected chi connectivity index (χ4v) is 4.03. The number of ether oxygens (including phenoxy) is 1. The summed E-state index contributed by atoms with van der Waals surface area (Å²) in [4.78, 5) is 30.5. The number of alkyl halides is 3. The smallest absolute Gasteiger partial charge is 0.417 e. The van der Waals surface area contributed by atoms with Crippen molar-refractivity contribution in [3.63, 3.8) is 0 Å². The summed E-state index contributed by atoms with van der Waals surface area (Å²) in [5.41, 5.74) is -0.970. The van der Waals surface area contributed by atoms with Crippen LogP contribution in [0.4, 0.5) is 17.6 Å². The maximum absolute atomic E-state index is 13.9. The number of hydrogen-bond donors (Lipinski definition) is 0. The lowest BCUT2D eigenvalue weighted by molar-refractivity contribution is -0.143. The molecule has 0 amide bonds. The summed E-state index contributed by atoms with van der Waals surface area (Å²) in [5, 5.41) is 0.612. The molecule has 0 aliphatic carbocycles. The minimum Gasteiger partial charge on any atom is -0.465 e. The second-order valence-electron chi connectivity index (χ2n) is 7.24. The number of benzene rings is 2. The second-order valence-corrected chi connectivity index (χ2v) is 7.24. The van der Waals surface area contributed by atoms with Crippen LogP contribution in [0.2, 0.25) is 0 Å². The molecule has 32 heavy (non-hydrogen) atoms. The SMILES string of the molecule is CCOC(=O)C1C=NCCc2c1n(C(=O)c1cc(F)ccc1C(F)(F)F)c1ccccc21. The van der Waals surface area contributed by atoms with E-state index in [0.717, 1.165) is 4.57 Å². The Bertz CT molecular complexity index is 1240. The van der Waals surface area contributed by atoms with Crippen molar-refractivity contribution in [2.75, 3.05) is 13.2 Å². The topological polar surface area (TPSA) is 60.7 Å². The first-order valence-electron chi connectivity index (χ1n) is 9.94. The molecule has 1 aromatic heterocycles. The first-order valence-corrected chi connectivity index (χ1v) is 9.94. The van der Waals surface area contributed by atoms with Crippen molar-refractivity contribution >= 4 is 29.0 Å². The van der Waals surface area contributed by atoms with E-state index in [4.69, 9.17) is 4.74 Å². The van der Waals surface area contributed by atoms with Crippen molar-refractivity contribution in [1.29, 1.82) is 0 Å². The number of esters is 1. The lowest BCUT2D eigenvalue weighted by Gasteiger charge is -2.18. The van der Waals surface area contributed by atoms with Crippen LogP contribution >= 0.6 is 0 Å². The van der Waals surface area contributed by atoms with Gasteiger partial charge in [-0.2, -0.15) is 13.2 Å². The van der Waals surface area contributed by atoms with Gasteiger partial charge in [-0.25, -0.2) is 4.39 Å². The van der Waals surface area contributed by atoms with Gasteiger partial charge in [-0.05, 0) is 43.2 Å². The summed E-state index contributed by atoms with van der Waals surface area (Å²) in [6, 6.07) is 8.42. The van der Waals surface area contributed by atoms with E-state index in [1.165, 1.54) is 6.21 Å². The third-order valence-corrected chi connectivity index (χ3v) is 5.32. The predicted molar refractivity (Wildman–Crippen MR) is 110 cm³/mol. The van der Waals surface area contributed by atoms with Gasteiger partial charge in [-0.15, -0.1) is 0 Å². The molecule has 1 unspecified atom stereocenters. The van der Waals surface area contributed by atoms with Gasteiger partial charge >= 0.3 is 12.1 Å². The Balaban J connectivity index is 2.03. The highest BCUT2D eigenvalue weighted by Crippen LogP contribution is 2.37. The maximum Gasteiger partial charge on any atom is 0.417 e. The van der Waals surface area contributed by atoms with Gasteiger partial charge in [0.2, 0.25) is 0 Å². The van der Waals surface area contributed by atoms with E-state index in [9.17, 15) is 27.2 Å². The minimum atomic E-state index is -4.87. The first kappa shape index (κ1) is 21.7. The molecule has 1 atom stereocenters. The highest BCUT2D eigenvalue weighted by molar-refractivity contribution is 6.08. The van der Waals surface area contributed by atoms with Gasteiger partial charge in [-0.3, -0.25) is 19.1 Å². The molecule has 2 aromatic carbocycles. The normalized spacial score (nSPS) is 16.0. The molecule has 2 heterocycles. The summed E-state index contributed by atoms with van der Waals surface area (Å²) in [6.45, 7) is 2.03. The van der Waals surface area contributed by atoms with E-state index in [1.54, 1.807) is 31.2 Å². The highest BCUT2D eigenvalue weighted by atomic mass is 19.4. The van der Waals surface area contributed by atoms with Crippen molar-refractivity contribution in [3.05, 3.63) is 70.7 Å². The molecule has 1 aliphatic heterocycles. The van der Waals surface area contributed by atoms with Crippen molar-refractivity contribution in [2.45, 2.75) is 25.4 Å². The number of carbonyl (C=O) groups excluding carboxylic acids is 2. The molecular weight excluding hydrogens is 428 g/mol. The molecule has 1 aliphatic rings. The van der Waals surface area contributed by atoms with E-state index < -0.39 is 40.9 Å². The first-order chi connectivity index (χ1) is 15.2. The van der Waals surface area contributed by atoms with Crippen LogP contribution in [0.15, 0.2) is 47.5 Å². The van der Waals surface area contributed by atoms with Crippen molar-refractivity contribution < 1.29 is 31.9 Å². The van der Waals surface area contributed by atoms with E-state index >= 15 is 0 Å². The number of rotatable bonds is 3. The zero-order valence-electron chi connectivity index (χ0n) is 16.9. The molecule has 0 spiro atoms. The van der Waals surface area contributed by atoms with Crippen LogP contribution in [0.25, 0.3) is 10.9 Å². The lowest BCUT2D eigenvalue weighted by Crippen LogP contribution is -2.26. The Morgan fingerprint density at radius 1 is 1.19 bits per heavy atom. The van der Waals surface area contributed by atoms with E-state index in [0.29, 0.717) is 47.6 Å². The third-order valence-electron chi connectivity index (χ3n) is 5.32. The average Bonchev–Trinajstić information content (AvgIpc) is 2.90. The fourth-order valence-electron chi connectivity index (χ4n) is 4.03. The molecule has 4 rings (SSSR count). The number of para-hydroxylation sites is 1. The Morgan fingerprint density at radius 2 is 1.94 bits per heavy atom. The van der Waals surface area contributed by atoms with Gasteiger partial charge in [0.15, 0.2) is 0 Å². The van der Waals surface area contributed by atoms with Crippen LogP contribution in [0.3, 0.4) is 0 Å². The summed E-state index contributed by atoms with van der Waals surface area (Å²) >= 11 is 0. The Hall–Kier alpha value is -3.49. The van der Waals surface area contributed by atoms with Crippen LogP contribution in [-0.4, -0.2) is 35.8 Å². The number of hydrogen-bond acceptors (Lipinski definition) is 4. The minimum absolute atomic E-state index is 0.0782. The lowest BCUT2D eigenvalue weighted by atomic mass is 9.99. The van der Waals surface area contributed by atoms with Crippen LogP contribution in [0.1, 0.15) is 40.0 Å². The molecule has 0 bridgehead atoms. The van der Waals surface area contributed by atoms with Gasteiger partial charge in [0.05, 0.1) is 23.3 Å². The summed E-state index contributed by atoms with van der Waals surface area (Å²) in [5.74, 6) is -3.83. The van der Waals surface area contributed by atoms with E-state index in [1.807, 2.05) is 0 Å². The van der Waals surface area contributed by atoms with Crippen molar-refractivity contribution in [2.24, 2.45) is 4.99 Å². The number of carbonyl (C=O) groups is 2. The van der Waals surface area contributed by atoms with E-state index in [2.05, 4.69) is 4.99 Å². The molecule has 166 valence electrons. The van der Waals surface area contributed by atoms with Gasteiger partial charge in [-0.1, -0.05) is 18.2 Å². The zero-order valence-corrected chi connectivity index (χ0v) is 16.9. The second kappa shape index (κ2) is 8.22. The molecule has 3 aromatic rings. The molecule has 0 radical (unpaired) electrons. The van der Waals surface area contributed by atoms with Gasteiger partial charge in [0.25, 0.3) is 5.91 Å². The van der Waals surface area contributed by atoms with Gasteiger partial charge in [0, 0.05) is 23.8 Å². The number of halogens is 4. The quantitative estimate of drug-likeness (QED) is 0.431. The average molecular weight is 446 g/mol. The van der Waals surface area contributed by atoms with Crippen LogP contribution in [-0.2, 0) is 22.1 Å². The summed E-state index contributed by atoms with van der Waals surface area (Å²) < 4.78 is 61.0. The Kier molecular flexibility index (Phi) is 5.58. The molecule has 0 saturated carbocycles. The van der Waals surface area contributed by atoms with Crippen LogP contribution in [0, 0.1) is 5.82 Å². The van der Waals surface area contributed by atoms with Crippen LogP contribution in [0.5, 0.6) is 0 Å². The largest absolute Gasteiger partial charge is 0.465 e. The number of aromatic nitrogens is 1. The fraction of sp³-hybridized carbons (Fsp3) is 0.261. The highest BCUT2D eigenvalue weighted by Gasteiger charge is 2.38. The molecule has 0 N–H and O–H groups in total. The molecule has 0 saturated heterocycles. The molecule has 5 nitrogen and oxygen atoms in total.